The van der Waals surface area contributed by atoms with E-state index in [2.05, 4.69) is 30.4 Å². The Morgan fingerprint density at radius 1 is 0.750 bits per heavy atom. The third-order valence-corrected chi connectivity index (χ3v) is 9.44. The highest BCUT2D eigenvalue weighted by Crippen LogP contribution is 2.45. The lowest BCUT2D eigenvalue weighted by atomic mass is 9.96. The number of amides is 3. The molecule has 1 atom stereocenters. The van der Waals surface area contributed by atoms with Crippen molar-refractivity contribution in [1.82, 2.24) is 24.3 Å². The number of imide groups is 1. The molecule has 0 aliphatic carbocycles. The van der Waals surface area contributed by atoms with Crippen LogP contribution in [-0.4, -0.2) is 69.2 Å². The molecule has 1 fully saturated rings. The first kappa shape index (κ1) is 25.1. The van der Waals surface area contributed by atoms with Crippen molar-refractivity contribution >= 4 is 67.3 Å². The SMILES string of the molecule is O=C1NC(=O)c2c1c1c3ccccc3n3c1c1c2c2ccccc2n1CC(OC(=O)N1CCN(c2ccccn2)CC1)CC3. The molecule has 1 unspecified atom stereocenters. The zero-order valence-electron chi connectivity index (χ0n) is 23.8. The fourth-order valence-electron chi connectivity index (χ4n) is 7.50. The number of ether oxygens (including phenoxy) is 1. The Kier molecular flexibility index (Phi) is 5.32. The molecule has 218 valence electrons. The Labute approximate surface area is 251 Å². The Balaban J connectivity index is 1.15. The molecule has 10 nitrogen and oxygen atoms in total. The summed E-state index contributed by atoms with van der Waals surface area (Å²) in [5.74, 6) is 0.181. The van der Waals surface area contributed by atoms with E-state index in [1.807, 2.05) is 60.7 Å². The zero-order valence-corrected chi connectivity index (χ0v) is 23.8. The van der Waals surface area contributed by atoms with Crippen LogP contribution in [0.15, 0.2) is 72.9 Å². The fourth-order valence-corrected chi connectivity index (χ4v) is 7.50. The average molecular weight is 585 g/mol. The minimum absolute atomic E-state index is 0.314. The smallest absolute Gasteiger partial charge is 0.410 e. The molecule has 44 heavy (non-hydrogen) atoms. The molecule has 6 heterocycles. The van der Waals surface area contributed by atoms with Gasteiger partial charge >= 0.3 is 6.09 Å². The van der Waals surface area contributed by atoms with E-state index < -0.39 is 6.10 Å². The average Bonchev–Trinajstić information content (AvgIpc) is 3.65. The molecule has 1 saturated heterocycles. The van der Waals surface area contributed by atoms with Crippen molar-refractivity contribution in [3.8, 4) is 0 Å². The minimum atomic E-state index is -0.400. The van der Waals surface area contributed by atoms with Gasteiger partial charge in [0.25, 0.3) is 11.8 Å². The predicted octanol–water partition coefficient (Wildman–Crippen LogP) is 4.91. The van der Waals surface area contributed by atoms with E-state index >= 15 is 0 Å². The van der Waals surface area contributed by atoms with Crippen molar-refractivity contribution in [1.29, 1.82) is 0 Å². The number of nitrogens with one attached hydrogen (secondary N) is 1. The van der Waals surface area contributed by atoms with E-state index in [0.717, 1.165) is 49.4 Å². The molecule has 3 aromatic heterocycles. The van der Waals surface area contributed by atoms with Crippen molar-refractivity contribution in [3.63, 3.8) is 0 Å². The second-order valence-electron chi connectivity index (χ2n) is 11.7. The molecule has 10 heteroatoms. The van der Waals surface area contributed by atoms with Crippen LogP contribution in [0.1, 0.15) is 27.1 Å². The summed E-state index contributed by atoms with van der Waals surface area (Å²) < 4.78 is 10.7. The second-order valence-corrected chi connectivity index (χ2v) is 11.7. The first-order valence-electron chi connectivity index (χ1n) is 15.0. The summed E-state index contributed by atoms with van der Waals surface area (Å²) in [6.07, 6.45) is 1.67. The highest BCUT2D eigenvalue weighted by molar-refractivity contribution is 6.39. The van der Waals surface area contributed by atoms with Gasteiger partial charge in [0.15, 0.2) is 0 Å². The third kappa shape index (κ3) is 3.48. The molecule has 0 saturated carbocycles. The molecule has 0 radical (unpaired) electrons. The monoisotopic (exact) mass is 584 g/mol. The maximum absolute atomic E-state index is 13.5. The highest BCUT2D eigenvalue weighted by atomic mass is 16.6. The predicted molar refractivity (Wildman–Crippen MR) is 167 cm³/mol. The first-order chi connectivity index (χ1) is 21.6. The van der Waals surface area contributed by atoms with Crippen molar-refractivity contribution in [3.05, 3.63) is 84.1 Å². The highest BCUT2D eigenvalue weighted by Gasteiger charge is 2.38. The number of hydrogen-bond donors (Lipinski definition) is 1. The van der Waals surface area contributed by atoms with Crippen LogP contribution in [0.2, 0.25) is 0 Å². The van der Waals surface area contributed by atoms with Gasteiger partial charge in [0, 0.05) is 77.9 Å². The summed E-state index contributed by atoms with van der Waals surface area (Å²) in [6, 6.07) is 21.8. The molecule has 0 bridgehead atoms. The lowest BCUT2D eigenvalue weighted by Gasteiger charge is -2.35. The van der Waals surface area contributed by atoms with Gasteiger partial charge < -0.3 is 23.7 Å². The molecule has 1 N–H and O–H groups in total. The number of nitrogens with zero attached hydrogens (tertiary/aromatic N) is 5. The van der Waals surface area contributed by atoms with Gasteiger partial charge in [-0.3, -0.25) is 14.9 Å². The van der Waals surface area contributed by atoms with Crippen molar-refractivity contribution in [2.75, 3.05) is 31.1 Å². The molecule has 9 rings (SSSR count). The van der Waals surface area contributed by atoms with Crippen LogP contribution >= 0.6 is 0 Å². The van der Waals surface area contributed by atoms with Crippen LogP contribution in [0.3, 0.4) is 0 Å². The fraction of sp³-hybridized carbons (Fsp3) is 0.235. The molecule has 3 aliphatic heterocycles. The first-order valence-corrected chi connectivity index (χ1v) is 15.0. The number of anilines is 1. The summed E-state index contributed by atoms with van der Waals surface area (Å²) in [5, 5.41) is 5.98. The molecule has 3 aromatic carbocycles. The lowest BCUT2D eigenvalue weighted by Crippen LogP contribution is -2.50. The van der Waals surface area contributed by atoms with Gasteiger partial charge in [-0.25, -0.2) is 9.78 Å². The third-order valence-electron chi connectivity index (χ3n) is 9.44. The van der Waals surface area contributed by atoms with Crippen LogP contribution in [-0.2, 0) is 17.8 Å². The lowest BCUT2D eigenvalue weighted by molar-refractivity contribution is 0.0487. The normalized spacial score (nSPS) is 18.3. The van der Waals surface area contributed by atoms with E-state index in [-0.39, 0.29) is 17.9 Å². The summed E-state index contributed by atoms with van der Waals surface area (Å²) in [7, 11) is 0. The van der Waals surface area contributed by atoms with Gasteiger partial charge in [-0.2, -0.15) is 0 Å². The van der Waals surface area contributed by atoms with E-state index in [1.165, 1.54) is 0 Å². The molecule has 6 aromatic rings. The number of carbonyl (C=O) groups is 3. The van der Waals surface area contributed by atoms with Gasteiger partial charge in [0.1, 0.15) is 11.9 Å². The number of aromatic nitrogens is 3. The van der Waals surface area contributed by atoms with Crippen molar-refractivity contribution < 1.29 is 19.1 Å². The van der Waals surface area contributed by atoms with Crippen LogP contribution in [0.25, 0.3) is 43.6 Å². The van der Waals surface area contributed by atoms with Crippen LogP contribution < -0.4 is 10.2 Å². The number of piperazine rings is 1. The zero-order chi connectivity index (χ0) is 29.5. The Bertz CT molecular complexity index is 2190. The number of fused-ring (bicyclic) bond motifs is 9. The Hall–Kier alpha value is -5.38. The number of aryl methyl sites for hydroxylation is 1. The van der Waals surface area contributed by atoms with Gasteiger partial charge in [0.2, 0.25) is 0 Å². The van der Waals surface area contributed by atoms with Gasteiger partial charge in [-0.05, 0) is 24.3 Å². The van der Waals surface area contributed by atoms with E-state index in [1.54, 1.807) is 11.1 Å². The van der Waals surface area contributed by atoms with Crippen LogP contribution in [0.4, 0.5) is 10.6 Å². The maximum Gasteiger partial charge on any atom is 0.410 e. The van der Waals surface area contributed by atoms with Crippen molar-refractivity contribution in [2.24, 2.45) is 0 Å². The number of hydrogen-bond acceptors (Lipinski definition) is 6. The van der Waals surface area contributed by atoms with Gasteiger partial charge in [-0.1, -0.05) is 42.5 Å². The van der Waals surface area contributed by atoms with Crippen LogP contribution in [0, 0.1) is 0 Å². The van der Waals surface area contributed by atoms with Crippen molar-refractivity contribution in [2.45, 2.75) is 25.6 Å². The Morgan fingerprint density at radius 2 is 1.36 bits per heavy atom. The Morgan fingerprint density at radius 3 is 2.02 bits per heavy atom. The van der Waals surface area contributed by atoms with Crippen LogP contribution in [0.5, 0.6) is 0 Å². The molecular formula is C34H28N6O4. The number of para-hydroxylation sites is 2. The molecule has 3 aliphatic rings. The molecule has 3 amide bonds. The number of benzene rings is 3. The standard InChI is InChI=1S/C34H28N6O4/c41-32-28-26-21-7-1-3-9-23(21)39-14-12-20(44-34(43)38-17-15-37(16-18-38)25-11-5-6-13-35-25)19-40-24-10-4-2-8-22(24)27(31(40)30(26)39)29(28)33(42)36-32/h1-11,13,20H,12,14-19H2,(H,36,41,42). The summed E-state index contributed by atoms with van der Waals surface area (Å²) >= 11 is 0. The van der Waals surface area contributed by atoms with Gasteiger partial charge in [-0.15, -0.1) is 0 Å². The summed E-state index contributed by atoms with van der Waals surface area (Å²) in [6.45, 7) is 3.52. The number of pyridine rings is 1. The summed E-state index contributed by atoms with van der Waals surface area (Å²) in [5.41, 5.74) is 4.63. The van der Waals surface area contributed by atoms with E-state index in [9.17, 15) is 14.4 Å². The number of carbonyl (C=O) groups excluding carboxylic acids is 3. The van der Waals surface area contributed by atoms with Gasteiger partial charge in [0.05, 0.1) is 28.7 Å². The summed E-state index contributed by atoms with van der Waals surface area (Å²) in [4.78, 5) is 48.6. The van der Waals surface area contributed by atoms with E-state index in [0.29, 0.717) is 56.8 Å². The minimum Gasteiger partial charge on any atom is -0.444 e. The van der Waals surface area contributed by atoms with E-state index in [4.69, 9.17) is 4.74 Å². The second kappa shape index (κ2) is 9.31. The molecular weight excluding hydrogens is 556 g/mol. The number of rotatable bonds is 2. The topological polar surface area (TPSA) is 102 Å². The maximum atomic E-state index is 13.5. The molecule has 0 spiro atoms. The largest absolute Gasteiger partial charge is 0.444 e. The quantitative estimate of drug-likeness (QED) is 0.290.